The SMILES string of the molecule is CC(=O)Nc1cnc(-c2ccccc2)nc1NCC(=O)N(C)c1ccccc1. The van der Waals surface area contributed by atoms with E-state index in [1.54, 1.807) is 11.9 Å². The van der Waals surface area contributed by atoms with Gasteiger partial charge in [0.15, 0.2) is 11.6 Å². The van der Waals surface area contributed by atoms with Gasteiger partial charge in [-0.05, 0) is 12.1 Å². The third kappa shape index (κ3) is 4.70. The Kier molecular flexibility index (Phi) is 5.96. The van der Waals surface area contributed by atoms with Crippen molar-refractivity contribution in [3.63, 3.8) is 0 Å². The lowest BCUT2D eigenvalue weighted by Gasteiger charge is -2.18. The number of carbonyl (C=O) groups excluding carboxylic acids is 2. The van der Waals surface area contributed by atoms with Gasteiger partial charge in [-0.2, -0.15) is 0 Å². The number of hydrogen-bond acceptors (Lipinski definition) is 5. The number of nitrogens with one attached hydrogen (secondary N) is 2. The van der Waals surface area contributed by atoms with Crippen LogP contribution in [0.4, 0.5) is 17.2 Å². The molecule has 0 fully saturated rings. The second-order valence-corrected chi connectivity index (χ2v) is 6.14. The Balaban J connectivity index is 1.80. The van der Waals surface area contributed by atoms with E-state index in [1.807, 2.05) is 60.7 Å². The minimum atomic E-state index is -0.244. The summed E-state index contributed by atoms with van der Waals surface area (Å²) in [6, 6.07) is 18.8. The molecule has 0 radical (unpaired) electrons. The van der Waals surface area contributed by atoms with E-state index in [0.29, 0.717) is 17.3 Å². The van der Waals surface area contributed by atoms with Gasteiger partial charge in [0, 0.05) is 25.2 Å². The lowest BCUT2D eigenvalue weighted by atomic mass is 10.2. The largest absolute Gasteiger partial charge is 0.359 e. The van der Waals surface area contributed by atoms with Crippen molar-refractivity contribution >= 4 is 29.0 Å². The minimum absolute atomic E-state index is 0.0171. The van der Waals surface area contributed by atoms with Gasteiger partial charge in [-0.15, -0.1) is 0 Å². The zero-order valence-electron chi connectivity index (χ0n) is 15.7. The van der Waals surface area contributed by atoms with Gasteiger partial charge in [-0.1, -0.05) is 48.5 Å². The number of amides is 2. The number of para-hydroxylation sites is 1. The average molecular weight is 375 g/mol. The van der Waals surface area contributed by atoms with E-state index in [4.69, 9.17) is 0 Å². The van der Waals surface area contributed by atoms with E-state index in [-0.39, 0.29) is 18.4 Å². The van der Waals surface area contributed by atoms with E-state index >= 15 is 0 Å². The number of anilines is 3. The van der Waals surface area contributed by atoms with Crippen LogP contribution in [0.5, 0.6) is 0 Å². The molecule has 0 bridgehead atoms. The van der Waals surface area contributed by atoms with Gasteiger partial charge in [0.2, 0.25) is 11.8 Å². The molecule has 0 saturated heterocycles. The van der Waals surface area contributed by atoms with E-state index in [1.165, 1.54) is 13.1 Å². The molecule has 0 aliphatic carbocycles. The summed E-state index contributed by atoms with van der Waals surface area (Å²) in [6.07, 6.45) is 1.53. The highest BCUT2D eigenvalue weighted by molar-refractivity contribution is 5.97. The van der Waals surface area contributed by atoms with Gasteiger partial charge in [0.25, 0.3) is 0 Å². The average Bonchev–Trinajstić information content (AvgIpc) is 2.73. The Morgan fingerprint density at radius 2 is 1.64 bits per heavy atom. The molecule has 2 aromatic carbocycles. The molecule has 7 nitrogen and oxygen atoms in total. The first-order chi connectivity index (χ1) is 13.5. The summed E-state index contributed by atoms with van der Waals surface area (Å²) in [6.45, 7) is 1.42. The van der Waals surface area contributed by atoms with E-state index in [9.17, 15) is 9.59 Å². The molecule has 28 heavy (non-hydrogen) atoms. The van der Waals surface area contributed by atoms with Gasteiger partial charge in [-0.25, -0.2) is 9.97 Å². The Morgan fingerprint density at radius 1 is 1.00 bits per heavy atom. The third-order valence-corrected chi connectivity index (χ3v) is 4.06. The summed E-state index contributed by atoms with van der Waals surface area (Å²) in [5.41, 5.74) is 2.05. The number of carbonyl (C=O) groups is 2. The van der Waals surface area contributed by atoms with Crippen molar-refractivity contribution < 1.29 is 9.59 Å². The molecule has 3 aromatic rings. The van der Waals surface area contributed by atoms with Crippen LogP contribution in [-0.4, -0.2) is 35.4 Å². The van der Waals surface area contributed by atoms with Crippen molar-refractivity contribution in [3.8, 4) is 11.4 Å². The second kappa shape index (κ2) is 8.77. The molecule has 7 heteroatoms. The Hall–Kier alpha value is -3.74. The lowest BCUT2D eigenvalue weighted by molar-refractivity contribution is -0.116. The van der Waals surface area contributed by atoms with Crippen molar-refractivity contribution in [1.29, 1.82) is 0 Å². The smallest absolute Gasteiger partial charge is 0.246 e. The molecule has 0 aliphatic heterocycles. The molecule has 0 spiro atoms. The van der Waals surface area contributed by atoms with Crippen LogP contribution in [0.1, 0.15) is 6.92 Å². The fourth-order valence-corrected chi connectivity index (χ4v) is 2.60. The maximum absolute atomic E-state index is 12.5. The first kappa shape index (κ1) is 19.0. The predicted molar refractivity (Wildman–Crippen MR) is 110 cm³/mol. The van der Waals surface area contributed by atoms with Crippen molar-refractivity contribution in [2.75, 3.05) is 29.1 Å². The van der Waals surface area contributed by atoms with Crippen LogP contribution in [-0.2, 0) is 9.59 Å². The normalized spacial score (nSPS) is 10.2. The van der Waals surface area contributed by atoms with E-state index < -0.39 is 0 Å². The van der Waals surface area contributed by atoms with Crippen molar-refractivity contribution in [3.05, 3.63) is 66.9 Å². The highest BCUT2D eigenvalue weighted by Crippen LogP contribution is 2.23. The molecule has 0 unspecified atom stereocenters. The highest BCUT2D eigenvalue weighted by atomic mass is 16.2. The number of nitrogens with zero attached hydrogens (tertiary/aromatic N) is 3. The Morgan fingerprint density at radius 3 is 2.29 bits per heavy atom. The number of benzene rings is 2. The Labute approximate surface area is 163 Å². The van der Waals surface area contributed by atoms with Crippen LogP contribution in [0.25, 0.3) is 11.4 Å². The molecule has 0 saturated carbocycles. The van der Waals surface area contributed by atoms with E-state index in [0.717, 1.165) is 11.3 Å². The molecule has 1 aromatic heterocycles. The zero-order valence-corrected chi connectivity index (χ0v) is 15.7. The first-order valence-corrected chi connectivity index (χ1v) is 8.80. The van der Waals surface area contributed by atoms with Gasteiger partial charge >= 0.3 is 0 Å². The molecule has 0 aliphatic rings. The maximum Gasteiger partial charge on any atom is 0.246 e. The lowest BCUT2D eigenvalue weighted by Crippen LogP contribution is -2.32. The Bertz CT molecular complexity index is 961. The van der Waals surface area contributed by atoms with Crippen LogP contribution in [0, 0.1) is 0 Å². The number of hydrogen-bond donors (Lipinski definition) is 2. The second-order valence-electron chi connectivity index (χ2n) is 6.14. The number of likely N-dealkylation sites (N-methyl/N-ethyl adjacent to an activating group) is 1. The maximum atomic E-state index is 12.5. The summed E-state index contributed by atoms with van der Waals surface area (Å²) in [5, 5.41) is 5.71. The van der Waals surface area contributed by atoms with E-state index in [2.05, 4.69) is 20.6 Å². The molecule has 3 rings (SSSR count). The summed E-state index contributed by atoms with van der Waals surface area (Å²) in [5.74, 6) is 0.506. The summed E-state index contributed by atoms with van der Waals surface area (Å²) < 4.78 is 0. The van der Waals surface area contributed by atoms with Crippen LogP contribution in [0.15, 0.2) is 66.9 Å². The molecule has 2 N–H and O–H groups in total. The molecule has 142 valence electrons. The minimum Gasteiger partial charge on any atom is -0.359 e. The number of rotatable bonds is 6. The molecule has 1 heterocycles. The highest BCUT2D eigenvalue weighted by Gasteiger charge is 2.14. The van der Waals surface area contributed by atoms with Gasteiger partial charge in [-0.3, -0.25) is 9.59 Å². The standard InChI is InChI=1S/C21H21N5O2/c1-15(27)24-18-13-22-20(16-9-5-3-6-10-16)25-21(18)23-14-19(28)26(2)17-11-7-4-8-12-17/h3-13H,14H2,1-2H3,(H,24,27)(H,22,23,25). The molecular weight excluding hydrogens is 354 g/mol. The summed E-state index contributed by atoms with van der Waals surface area (Å²) >= 11 is 0. The monoisotopic (exact) mass is 375 g/mol. The van der Waals surface area contributed by atoms with Crippen LogP contribution in [0.2, 0.25) is 0 Å². The summed E-state index contributed by atoms with van der Waals surface area (Å²) in [4.78, 5) is 34.4. The molecule has 2 amide bonds. The molecular formula is C21H21N5O2. The van der Waals surface area contributed by atoms with Crippen LogP contribution in [0.3, 0.4) is 0 Å². The zero-order chi connectivity index (χ0) is 19.9. The molecule has 0 atom stereocenters. The van der Waals surface area contributed by atoms with Gasteiger partial charge < -0.3 is 15.5 Å². The fourth-order valence-electron chi connectivity index (χ4n) is 2.60. The quantitative estimate of drug-likeness (QED) is 0.691. The predicted octanol–water partition coefficient (Wildman–Crippen LogP) is 3.18. The first-order valence-electron chi connectivity index (χ1n) is 8.80. The third-order valence-electron chi connectivity index (χ3n) is 4.06. The fraction of sp³-hybridized carbons (Fsp3) is 0.143. The van der Waals surface area contributed by atoms with Crippen molar-refractivity contribution in [1.82, 2.24) is 9.97 Å². The number of aromatic nitrogens is 2. The van der Waals surface area contributed by atoms with Crippen molar-refractivity contribution in [2.45, 2.75) is 6.92 Å². The van der Waals surface area contributed by atoms with Gasteiger partial charge in [0.05, 0.1) is 12.7 Å². The van der Waals surface area contributed by atoms with Crippen LogP contribution < -0.4 is 15.5 Å². The summed E-state index contributed by atoms with van der Waals surface area (Å²) in [7, 11) is 1.71. The van der Waals surface area contributed by atoms with Crippen molar-refractivity contribution in [2.24, 2.45) is 0 Å². The topological polar surface area (TPSA) is 87.2 Å². The van der Waals surface area contributed by atoms with Crippen LogP contribution >= 0.6 is 0 Å². The van der Waals surface area contributed by atoms with Gasteiger partial charge in [0.1, 0.15) is 5.69 Å².